The normalized spacial score (nSPS) is 13.3. The number of hydrogen-bond acceptors (Lipinski definition) is 8. The summed E-state index contributed by atoms with van der Waals surface area (Å²) in [6.45, 7) is 5.29. The fourth-order valence-corrected chi connectivity index (χ4v) is 4.41. The van der Waals surface area contributed by atoms with Crippen molar-refractivity contribution in [1.29, 1.82) is 0 Å². The molecule has 13 nitrogen and oxygen atoms in total. The van der Waals surface area contributed by atoms with Crippen LogP contribution in [-0.2, 0) is 35.2 Å². The van der Waals surface area contributed by atoms with E-state index in [0.717, 1.165) is 12.5 Å². The summed E-state index contributed by atoms with van der Waals surface area (Å²) in [5.74, 6) is -3.04. The van der Waals surface area contributed by atoms with Crippen molar-refractivity contribution in [2.75, 3.05) is 18.6 Å². The molecule has 0 radical (unpaired) electrons. The smallest absolute Gasteiger partial charge is 0.326 e. The summed E-state index contributed by atoms with van der Waals surface area (Å²) in [6, 6.07) is 5.06. The first-order chi connectivity index (χ1) is 20.4. The number of hydrogen-bond donors (Lipinski definition) is 7. The summed E-state index contributed by atoms with van der Waals surface area (Å²) in [4.78, 5) is 71.4. The van der Waals surface area contributed by atoms with Crippen LogP contribution in [0.4, 0.5) is 0 Å². The van der Waals surface area contributed by atoms with Crippen molar-refractivity contribution < 1.29 is 39.0 Å². The molecule has 0 bridgehead atoms. The van der Waals surface area contributed by atoms with E-state index >= 15 is 0 Å². The van der Waals surface area contributed by atoms with Crippen LogP contribution in [0.15, 0.2) is 30.3 Å². The third-order valence-corrected chi connectivity index (χ3v) is 6.66. The Hall–Kier alpha value is -3.65. The molecule has 1 aromatic rings. The first kappa shape index (κ1) is 39.4. The van der Waals surface area contributed by atoms with Gasteiger partial charge in [-0.05, 0) is 62.1 Å². The molecule has 1 rings (SSSR count). The molecule has 0 fully saturated rings. The van der Waals surface area contributed by atoms with Gasteiger partial charge in [-0.3, -0.25) is 24.0 Å². The summed E-state index contributed by atoms with van der Waals surface area (Å²) < 4.78 is 0. The van der Waals surface area contributed by atoms with Gasteiger partial charge in [0.1, 0.15) is 24.2 Å². The molecule has 8 N–H and O–H groups in total. The van der Waals surface area contributed by atoms with Crippen molar-refractivity contribution in [3.63, 3.8) is 0 Å². The molecule has 0 saturated carbocycles. The van der Waals surface area contributed by atoms with Gasteiger partial charge in [0.15, 0.2) is 0 Å². The molecule has 4 atom stereocenters. The van der Waals surface area contributed by atoms with Crippen molar-refractivity contribution in [1.82, 2.24) is 21.3 Å². The second kappa shape index (κ2) is 22.9. The van der Waals surface area contributed by atoms with E-state index in [-0.39, 0.29) is 18.8 Å². The van der Waals surface area contributed by atoms with Crippen LogP contribution in [0.5, 0.6) is 0 Å². The number of aliphatic carboxylic acids is 2. The minimum absolute atomic E-state index is 0.0325. The number of unbranched alkanes of at least 4 members (excludes halogenated alkanes) is 1. The quantitative estimate of drug-likeness (QED) is 0.0802. The fourth-order valence-electron chi connectivity index (χ4n) is 3.94. The number of thioether (sulfide) groups is 1. The molecule has 0 aliphatic heterocycles. The van der Waals surface area contributed by atoms with Gasteiger partial charge >= 0.3 is 5.97 Å². The predicted molar refractivity (Wildman–Crippen MR) is 165 cm³/mol. The van der Waals surface area contributed by atoms with E-state index in [4.69, 9.17) is 15.6 Å². The summed E-state index contributed by atoms with van der Waals surface area (Å²) in [7, 11) is 0. The first-order valence-corrected chi connectivity index (χ1v) is 15.5. The maximum Gasteiger partial charge on any atom is 0.326 e. The zero-order valence-electron chi connectivity index (χ0n) is 25.3. The molecule has 0 spiro atoms. The number of carboxylic acid groups (broad SMARTS) is 2. The molecular weight excluding hydrogens is 578 g/mol. The third kappa shape index (κ3) is 18.5. The Bertz CT molecular complexity index is 1010. The Kier molecular flexibility index (Phi) is 20.9. The third-order valence-electron chi connectivity index (χ3n) is 6.01. The molecule has 0 heterocycles. The minimum atomic E-state index is -1.17. The average molecular weight is 626 g/mol. The zero-order chi connectivity index (χ0) is 32.8. The van der Waals surface area contributed by atoms with Gasteiger partial charge in [0.2, 0.25) is 24.1 Å². The largest absolute Gasteiger partial charge is 0.481 e. The van der Waals surface area contributed by atoms with Gasteiger partial charge < -0.3 is 37.2 Å². The summed E-state index contributed by atoms with van der Waals surface area (Å²) >= 11 is 1.53. The second-order valence-electron chi connectivity index (χ2n) is 10.3. The van der Waals surface area contributed by atoms with E-state index in [0.29, 0.717) is 44.4 Å². The molecule has 4 amide bonds. The number of rotatable bonds is 20. The molecule has 1 aromatic carbocycles. The Morgan fingerprint density at radius 3 is 1.91 bits per heavy atom. The Morgan fingerprint density at radius 2 is 1.40 bits per heavy atom. The van der Waals surface area contributed by atoms with E-state index in [9.17, 15) is 29.1 Å². The van der Waals surface area contributed by atoms with Gasteiger partial charge in [-0.2, -0.15) is 11.8 Å². The van der Waals surface area contributed by atoms with Crippen LogP contribution in [0.2, 0.25) is 0 Å². The molecule has 14 heteroatoms. The van der Waals surface area contributed by atoms with Gasteiger partial charge in [-0.1, -0.05) is 44.2 Å². The van der Waals surface area contributed by atoms with Crippen LogP contribution in [0.3, 0.4) is 0 Å². The minimum Gasteiger partial charge on any atom is -0.481 e. The SMILES string of the molecule is CC(=O)O.CSCC[C@H](NC=O)C(=O)N[C@@H](CC(C)C)C(=O)N[C@@H](Cc1ccccc1)C(=O)N[C@@H](CCCCN)C(=O)O. The van der Waals surface area contributed by atoms with E-state index < -0.39 is 53.8 Å². The number of carbonyl (C=O) groups excluding carboxylic acids is 4. The lowest BCUT2D eigenvalue weighted by molar-refractivity contribution is -0.142. The van der Waals surface area contributed by atoms with Crippen LogP contribution in [-0.4, -0.2) is 89.0 Å². The van der Waals surface area contributed by atoms with Gasteiger partial charge in [0, 0.05) is 13.3 Å². The topological polar surface area (TPSA) is 217 Å². The van der Waals surface area contributed by atoms with Crippen molar-refractivity contribution in [2.24, 2.45) is 11.7 Å². The lowest BCUT2D eigenvalue weighted by atomic mass is 10.00. The molecular formula is C29H47N5O8S. The fraction of sp³-hybridized carbons (Fsp3) is 0.586. The number of amides is 4. The van der Waals surface area contributed by atoms with Crippen molar-refractivity contribution in [2.45, 2.75) is 83.5 Å². The highest BCUT2D eigenvalue weighted by Crippen LogP contribution is 2.10. The molecule has 242 valence electrons. The molecule has 0 unspecified atom stereocenters. The van der Waals surface area contributed by atoms with E-state index in [1.807, 2.05) is 26.2 Å². The molecule has 0 saturated heterocycles. The zero-order valence-corrected chi connectivity index (χ0v) is 26.2. The van der Waals surface area contributed by atoms with Crippen LogP contribution >= 0.6 is 11.8 Å². The predicted octanol–water partition coefficient (Wildman–Crippen LogP) is 0.902. The van der Waals surface area contributed by atoms with Crippen LogP contribution < -0.4 is 27.0 Å². The maximum absolute atomic E-state index is 13.4. The highest BCUT2D eigenvalue weighted by molar-refractivity contribution is 7.98. The lowest BCUT2D eigenvalue weighted by Gasteiger charge is -2.26. The number of nitrogens with one attached hydrogen (secondary N) is 4. The maximum atomic E-state index is 13.4. The highest BCUT2D eigenvalue weighted by atomic mass is 32.2. The standard InChI is InChI=1S/C27H43N5O6S.C2H4O2/c1-18(2)15-22(31-24(34)20(29-17-33)12-14-39-3)25(35)32-23(16-19-9-5-4-6-10-19)26(36)30-21(27(37)38)11-7-8-13-28;1-2(3)4/h4-6,9-10,17-18,20-23H,7-8,11-16,28H2,1-3H3,(H,29,33)(H,30,36)(H,31,34)(H,32,35)(H,37,38);1H3,(H,3,4)/t20-,21-,22-,23-;/m0./s1. The summed E-state index contributed by atoms with van der Waals surface area (Å²) in [6.07, 6.45) is 4.50. The lowest BCUT2D eigenvalue weighted by Crippen LogP contribution is -2.58. The van der Waals surface area contributed by atoms with Crippen molar-refractivity contribution in [3.8, 4) is 0 Å². The van der Waals surface area contributed by atoms with E-state index in [1.54, 1.807) is 24.3 Å². The van der Waals surface area contributed by atoms with Gasteiger partial charge in [0.05, 0.1) is 0 Å². The van der Waals surface area contributed by atoms with E-state index in [1.165, 1.54) is 11.8 Å². The highest BCUT2D eigenvalue weighted by Gasteiger charge is 2.31. The van der Waals surface area contributed by atoms with Gasteiger partial charge in [-0.25, -0.2) is 4.79 Å². The number of benzene rings is 1. The summed E-state index contributed by atoms with van der Waals surface area (Å²) in [5, 5.41) is 27.5. The molecule has 0 aliphatic rings. The monoisotopic (exact) mass is 625 g/mol. The average Bonchev–Trinajstić information content (AvgIpc) is 2.93. The number of carbonyl (C=O) groups is 6. The van der Waals surface area contributed by atoms with E-state index in [2.05, 4.69) is 21.3 Å². The Labute approximate surface area is 257 Å². The molecule has 0 aromatic heterocycles. The van der Waals surface area contributed by atoms with Crippen LogP contribution in [0.25, 0.3) is 0 Å². The first-order valence-electron chi connectivity index (χ1n) is 14.1. The van der Waals surface area contributed by atoms with Crippen molar-refractivity contribution in [3.05, 3.63) is 35.9 Å². The van der Waals surface area contributed by atoms with Gasteiger partial charge in [0.25, 0.3) is 5.97 Å². The Morgan fingerprint density at radius 1 is 0.860 bits per heavy atom. The number of nitrogens with two attached hydrogens (primary N) is 1. The van der Waals surface area contributed by atoms with Crippen LogP contribution in [0, 0.1) is 5.92 Å². The van der Waals surface area contributed by atoms with Crippen LogP contribution in [0.1, 0.15) is 58.4 Å². The second-order valence-corrected chi connectivity index (χ2v) is 11.2. The number of carboxylic acids is 2. The van der Waals surface area contributed by atoms with Crippen molar-refractivity contribution >= 4 is 47.8 Å². The summed E-state index contributed by atoms with van der Waals surface area (Å²) in [5.41, 5.74) is 6.27. The Balaban J connectivity index is 0.00000413. The molecule has 43 heavy (non-hydrogen) atoms. The van der Waals surface area contributed by atoms with Gasteiger partial charge in [-0.15, -0.1) is 0 Å². The molecule has 0 aliphatic carbocycles.